The van der Waals surface area contributed by atoms with Gasteiger partial charge in [-0.3, -0.25) is 0 Å². The molecule has 2 atom stereocenters. The lowest BCUT2D eigenvalue weighted by Crippen LogP contribution is -2.29. The Kier molecular flexibility index (Phi) is 8.18. The van der Waals surface area contributed by atoms with Crippen molar-refractivity contribution in [3.63, 3.8) is 0 Å². The minimum Gasteiger partial charge on any atom is -0.207 e. The van der Waals surface area contributed by atoms with E-state index in [-0.39, 0.29) is 0 Å². The first kappa shape index (κ1) is 17.5. The molecule has 0 aromatic carbocycles. The van der Waals surface area contributed by atoms with E-state index in [1.165, 1.54) is 64.2 Å². The third kappa shape index (κ3) is 5.42. The standard InChI is InChI=1S/C19H36N/c1-5-8-10-11-13-19(12-9-6-2)14-16-20(17-15-19)18(4)7-3/h14,16-18H,5-13,15H2,1-4H3/q+1. The molecule has 0 spiro atoms. The van der Waals surface area contributed by atoms with Gasteiger partial charge >= 0.3 is 0 Å². The van der Waals surface area contributed by atoms with Crippen LogP contribution in [0.1, 0.15) is 91.9 Å². The third-order valence-corrected chi connectivity index (χ3v) is 4.97. The van der Waals surface area contributed by atoms with Crippen LogP contribution in [-0.2, 0) is 0 Å². The van der Waals surface area contributed by atoms with Crippen LogP contribution in [0.25, 0.3) is 0 Å². The highest BCUT2D eigenvalue weighted by atomic mass is 15.0. The maximum absolute atomic E-state index is 2.54. The number of rotatable bonds is 10. The van der Waals surface area contributed by atoms with Crippen molar-refractivity contribution in [1.29, 1.82) is 0 Å². The maximum atomic E-state index is 2.54. The van der Waals surface area contributed by atoms with Crippen molar-refractivity contribution in [2.75, 3.05) is 0 Å². The zero-order valence-corrected chi connectivity index (χ0v) is 14.3. The van der Waals surface area contributed by atoms with E-state index in [0.717, 1.165) is 0 Å². The van der Waals surface area contributed by atoms with Crippen molar-refractivity contribution in [2.45, 2.75) is 97.9 Å². The molecule has 116 valence electrons. The minimum atomic E-state index is 0.466. The molecule has 1 heterocycles. The van der Waals surface area contributed by atoms with Gasteiger partial charge in [-0.05, 0) is 25.8 Å². The first-order valence-electron chi connectivity index (χ1n) is 8.97. The van der Waals surface area contributed by atoms with Gasteiger partial charge in [-0.1, -0.05) is 59.3 Å². The highest BCUT2D eigenvalue weighted by molar-refractivity contribution is 5.55. The molecule has 0 amide bonds. The minimum absolute atomic E-state index is 0.466. The molecule has 0 radical (unpaired) electrons. The first-order valence-corrected chi connectivity index (χ1v) is 8.97. The predicted octanol–water partition coefficient (Wildman–Crippen LogP) is 5.93. The Hall–Kier alpha value is -0.590. The molecule has 0 N–H and O–H groups in total. The number of hydrogen-bond acceptors (Lipinski definition) is 0. The monoisotopic (exact) mass is 278 g/mol. The van der Waals surface area contributed by atoms with Crippen LogP contribution < -0.4 is 0 Å². The fourth-order valence-corrected chi connectivity index (χ4v) is 3.13. The first-order chi connectivity index (χ1) is 9.67. The second kappa shape index (κ2) is 9.37. The van der Waals surface area contributed by atoms with Gasteiger partial charge in [-0.25, -0.2) is 4.58 Å². The molecule has 0 aliphatic carbocycles. The highest BCUT2D eigenvalue weighted by Crippen LogP contribution is 2.37. The van der Waals surface area contributed by atoms with E-state index in [1.54, 1.807) is 0 Å². The van der Waals surface area contributed by atoms with Crippen LogP contribution in [-0.4, -0.2) is 16.8 Å². The average molecular weight is 279 g/mol. The molecule has 1 rings (SSSR count). The Balaban J connectivity index is 2.58. The van der Waals surface area contributed by atoms with Gasteiger partial charge in [0.05, 0.1) is 0 Å². The summed E-state index contributed by atoms with van der Waals surface area (Å²) in [5, 5.41) is 0. The predicted molar refractivity (Wildman–Crippen MR) is 90.6 cm³/mol. The van der Waals surface area contributed by atoms with Crippen molar-refractivity contribution in [2.24, 2.45) is 5.41 Å². The highest BCUT2D eigenvalue weighted by Gasteiger charge is 2.31. The van der Waals surface area contributed by atoms with Gasteiger partial charge < -0.3 is 0 Å². The van der Waals surface area contributed by atoms with E-state index >= 15 is 0 Å². The average Bonchev–Trinajstić information content (AvgIpc) is 2.50. The van der Waals surface area contributed by atoms with Crippen LogP contribution in [0.2, 0.25) is 0 Å². The summed E-state index contributed by atoms with van der Waals surface area (Å²) in [6.07, 6.45) is 20.8. The van der Waals surface area contributed by atoms with E-state index in [1.807, 2.05) is 0 Å². The molecule has 0 saturated carbocycles. The summed E-state index contributed by atoms with van der Waals surface area (Å²) in [5.74, 6) is 0. The Morgan fingerprint density at radius 1 is 1.00 bits per heavy atom. The fraction of sp³-hybridized carbons (Fsp3) is 0.842. The molecule has 20 heavy (non-hydrogen) atoms. The Bertz CT molecular complexity index is 316. The number of hydrogen-bond donors (Lipinski definition) is 0. The van der Waals surface area contributed by atoms with Crippen molar-refractivity contribution in [3.05, 3.63) is 12.3 Å². The van der Waals surface area contributed by atoms with Crippen LogP contribution >= 0.6 is 0 Å². The topological polar surface area (TPSA) is 3.01 Å². The molecule has 0 aromatic heterocycles. The molecule has 0 saturated heterocycles. The molecule has 0 fully saturated rings. The SMILES string of the molecule is CCCCCCC1(CCCC)C=C[N+](C(C)CC)=CC1. The summed E-state index contributed by atoms with van der Waals surface area (Å²) in [4.78, 5) is 0. The summed E-state index contributed by atoms with van der Waals surface area (Å²) in [6.45, 7) is 9.20. The lowest BCUT2D eigenvalue weighted by atomic mass is 9.75. The van der Waals surface area contributed by atoms with Gasteiger partial charge in [0, 0.05) is 18.3 Å². The molecule has 1 aliphatic heterocycles. The van der Waals surface area contributed by atoms with E-state index in [9.17, 15) is 0 Å². The maximum Gasteiger partial charge on any atom is 0.165 e. The van der Waals surface area contributed by atoms with Crippen LogP contribution in [0, 0.1) is 5.41 Å². The lowest BCUT2D eigenvalue weighted by molar-refractivity contribution is -0.495. The number of nitrogens with zero attached hydrogens (tertiary/aromatic N) is 1. The zero-order chi connectivity index (χ0) is 14.8. The Morgan fingerprint density at radius 3 is 2.25 bits per heavy atom. The van der Waals surface area contributed by atoms with Crippen LogP contribution in [0.15, 0.2) is 12.3 Å². The lowest BCUT2D eigenvalue weighted by Gasteiger charge is -2.30. The molecule has 1 heteroatoms. The second-order valence-electron chi connectivity index (χ2n) is 6.68. The molecule has 2 unspecified atom stereocenters. The van der Waals surface area contributed by atoms with Crippen LogP contribution in [0.3, 0.4) is 0 Å². The van der Waals surface area contributed by atoms with Gasteiger partial charge in [0.1, 0.15) is 6.21 Å². The normalized spacial score (nSPS) is 23.7. The van der Waals surface area contributed by atoms with Crippen molar-refractivity contribution >= 4 is 6.21 Å². The third-order valence-electron chi connectivity index (χ3n) is 4.97. The summed E-state index contributed by atoms with van der Waals surface area (Å²) in [5.41, 5.74) is 0.466. The van der Waals surface area contributed by atoms with E-state index in [4.69, 9.17) is 0 Å². The van der Waals surface area contributed by atoms with Gasteiger partial charge in [0.2, 0.25) is 0 Å². The molecular weight excluding hydrogens is 242 g/mol. The fourth-order valence-electron chi connectivity index (χ4n) is 3.13. The van der Waals surface area contributed by atoms with E-state index in [2.05, 4.69) is 50.8 Å². The number of allylic oxidation sites excluding steroid dienone is 1. The van der Waals surface area contributed by atoms with Crippen molar-refractivity contribution in [3.8, 4) is 0 Å². The molecule has 0 aromatic rings. The molecule has 1 nitrogen and oxygen atoms in total. The summed E-state index contributed by atoms with van der Waals surface area (Å²) in [7, 11) is 0. The second-order valence-corrected chi connectivity index (χ2v) is 6.68. The smallest absolute Gasteiger partial charge is 0.165 e. The van der Waals surface area contributed by atoms with E-state index < -0.39 is 0 Å². The zero-order valence-electron chi connectivity index (χ0n) is 14.3. The van der Waals surface area contributed by atoms with Gasteiger partial charge in [0.25, 0.3) is 0 Å². The van der Waals surface area contributed by atoms with Crippen LogP contribution in [0.5, 0.6) is 0 Å². The van der Waals surface area contributed by atoms with Crippen LogP contribution in [0.4, 0.5) is 0 Å². The van der Waals surface area contributed by atoms with E-state index in [0.29, 0.717) is 11.5 Å². The van der Waals surface area contributed by atoms with Gasteiger partial charge in [0.15, 0.2) is 12.2 Å². The van der Waals surface area contributed by atoms with Gasteiger partial charge in [-0.15, -0.1) is 0 Å². The molecule has 1 aliphatic rings. The summed E-state index contributed by atoms with van der Waals surface area (Å²) >= 11 is 0. The van der Waals surface area contributed by atoms with Gasteiger partial charge in [-0.2, -0.15) is 0 Å². The summed E-state index contributed by atoms with van der Waals surface area (Å²) in [6, 6.07) is 0.649. The Morgan fingerprint density at radius 2 is 1.70 bits per heavy atom. The quantitative estimate of drug-likeness (QED) is 0.344. The largest absolute Gasteiger partial charge is 0.207 e. The Labute approximate surface area is 127 Å². The summed E-state index contributed by atoms with van der Waals surface area (Å²) < 4.78 is 2.43. The number of unbranched alkanes of at least 4 members (excludes halogenated alkanes) is 4. The molecular formula is C19H36N+. The molecule has 0 bridgehead atoms. The van der Waals surface area contributed by atoms with Crippen molar-refractivity contribution in [1.82, 2.24) is 0 Å². The van der Waals surface area contributed by atoms with Crippen molar-refractivity contribution < 1.29 is 4.58 Å².